The van der Waals surface area contributed by atoms with E-state index in [4.69, 9.17) is 0 Å². The molecule has 0 atom stereocenters. The molecule has 0 heterocycles. The van der Waals surface area contributed by atoms with Gasteiger partial charge in [-0.25, -0.2) is 0 Å². The zero-order chi connectivity index (χ0) is 8.81. The van der Waals surface area contributed by atoms with Crippen molar-refractivity contribution in [2.75, 3.05) is 0 Å². The topological polar surface area (TPSA) is 43.1 Å². The maximum absolute atomic E-state index is 10.1. The van der Waals surface area contributed by atoms with Crippen molar-refractivity contribution in [3.8, 4) is 0 Å². The summed E-state index contributed by atoms with van der Waals surface area (Å²) in [6.45, 7) is 0. The number of hydrogen-bond acceptors (Lipinski definition) is 2. The van der Waals surface area contributed by atoms with Gasteiger partial charge in [0.2, 0.25) is 0 Å². The Morgan fingerprint density at radius 3 is 2.46 bits per heavy atom. The van der Waals surface area contributed by atoms with Gasteiger partial charge in [0.05, 0.1) is 0 Å². The minimum absolute atomic E-state index is 0. The molecule has 1 aromatic carbocycles. The summed E-state index contributed by atoms with van der Waals surface area (Å²) < 4.78 is 0.767. The van der Waals surface area contributed by atoms with E-state index in [0.717, 1.165) is 10.4 Å². The number of halogens is 1. The van der Waals surface area contributed by atoms with Gasteiger partial charge < -0.3 is 0 Å². The van der Waals surface area contributed by atoms with Gasteiger partial charge in [-0.1, -0.05) is 0 Å². The number of rotatable bonds is 4. The second-order valence-corrected chi connectivity index (χ2v) is 7.41. The SMILES string of the molecule is Br.O=[N+]([O-])[Cd][CH2]Cc1ccccc1. The van der Waals surface area contributed by atoms with E-state index in [1.807, 2.05) is 30.3 Å². The Morgan fingerprint density at radius 1 is 1.31 bits per heavy atom. The van der Waals surface area contributed by atoms with Crippen molar-refractivity contribution in [3.05, 3.63) is 46.0 Å². The van der Waals surface area contributed by atoms with Crippen LogP contribution in [0.15, 0.2) is 30.3 Å². The van der Waals surface area contributed by atoms with Crippen molar-refractivity contribution in [1.82, 2.24) is 0 Å². The molecule has 0 saturated carbocycles. The number of benzene rings is 1. The van der Waals surface area contributed by atoms with Crippen LogP contribution in [0.2, 0.25) is 3.98 Å². The van der Waals surface area contributed by atoms with Crippen LogP contribution in [-0.2, 0) is 31.0 Å². The fraction of sp³-hybridized carbons (Fsp3) is 0.250. The molecule has 0 aliphatic heterocycles. The van der Waals surface area contributed by atoms with E-state index in [0.29, 0.717) is 0 Å². The molecule has 0 aliphatic carbocycles. The molecule has 0 bridgehead atoms. The zero-order valence-corrected chi connectivity index (χ0v) is 12.9. The molecule has 1 rings (SSSR count). The van der Waals surface area contributed by atoms with Crippen LogP contribution < -0.4 is 0 Å². The van der Waals surface area contributed by atoms with Crippen LogP contribution >= 0.6 is 17.0 Å². The number of nitrogens with zero attached hydrogens (tertiary/aromatic N) is 1. The normalized spacial score (nSPS) is 8.31. The Kier molecular flexibility index (Phi) is 7.44. The molecule has 0 N–H and O–H groups in total. The third kappa shape index (κ3) is 6.14. The van der Waals surface area contributed by atoms with E-state index in [1.54, 1.807) is 0 Å². The molecule has 0 saturated heterocycles. The van der Waals surface area contributed by atoms with Crippen molar-refractivity contribution in [3.63, 3.8) is 0 Å². The molecule has 68 valence electrons. The molecular weight excluding hydrogens is 334 g/mol. The van der Waals surface area contributed by atoms with Crippen LogP contribution in [0.25, 0.3) is 0 Å². The fourth-order valence-electron chi connectivity index (χ4n) is 1.06. The van der Waals surface area contributed by atoms with Crippen molar-refractivity contribution < 1.29 is 27.3 Å². The Hall–Kier alpha value is 0.0221. The molecule has 0 radical (unpaired) electrons. The first-order chi connectivity index (χ1) is 5.79. The third-order valence-electron chi connectivity index (χ3n) is 1.65. The second-order valence-electron chi connectivity index (χ2n) is 2.65. The monoisotopic (exact) mass is 345 g/mol. The quantitative estimate of drug-likeness (QED) is 0.478. The second kappa shape index (κ2) is 7.43. The third-order valence-corrected chi connectivity index (χ3v) is 4.60. The van der Waals surface area contributed by atoms with Gasteiger partial charge in [-0.15, -0.1) is 17.0 Å². The molecule has 0 spiro atoms. The first kappa shape index (κ1) is 13.0. The number of aryl methyl sites for hydroxylation is 1. The first-order valence-corrected chi connectivity index (χ1v) is 8.60. The summed E-state index contributed by atoms with van der Waals surface area (Å²) in [6, 6.07) is 9.94. The summed E-state index contributed by atoms with van der Waals surface area (Å²) in [4.78, 5) is 10.1. The molecular formula is C8H10BrCdNO2. The number of nitro groups is 1. The summed E-state index contributed by atoms with van der Waals surface area (Å²) in [6.07, 6.45) is 0.887. The van der Waals surface area contributed by atoms with E-state index < -0.39 is 24.5 Å². The molecule has 0 aromatic heterocycles. The number of hydrogen-bond donors (Lipinski definition) is 0. The van der Waals surface area contributed by atoms with Gasteiger partial charge in [-0.3, -0.25) is 0 Å². The Bertz CT molecular complexity index is 256. The van der Waals surface area contributed by atoms with Gasteiger partial charge in [0.1, 0.15) is 0 Å². The van der Waals surface area contributed by atoms with Gasteiger partial charge in [-0.2, -0.15) is 0 Å². The predicted molar refractivity (Wildman–Crippen MR) is 52.3 cm³/mol. The van der Waals surface area contributed by atoms with Crippen molar-refractivity contribution in [2.45, 2.75) is 10.4 Å². The molecule has 13 heavy (non-hydrogen) atoms. The summed E-state index contributed by atoms with van der Waals surface area (Å²) >= 11 is -1.66. The summed E-state index contributed by atoms with van der Waals surface area (Å²) in [5.74, 6) is 0. The van der Waals surface area contributed by atoms with Gasteiger partial charge >= 0.3 is 83.7 Å². The van der Waals surface area contributed by atoms with Crippen molar-refractivity contribution in [1.29, 1.82) is 0 Å². The van der Waals surface area contributed by atoms with E-state index in [2.05, 4.69) is 0 Å². The van der Waals surface area contributed by atoms with Crippen LogP contribution in [0.5, 0.6) is 0 Å². The Labute approximate surface area is 100 Å². The van der Waals surface area contributed by atoms with E-state index in [9.17, 15) is 10.1 Å². The molecule has 0 aliphatic rings. The van der Waals surface area contributed by atoms with Gasteiger partial charge in [0.25, 0.3) is 0 Å². The van der Waals surface area contributed by atoms with Gasteiger partial charge in [0, 0.05) is 0 Å². The molecule has 1 aromatic rings. The standard InChI is InChI=1S/C8H9.BrH.Cd.NO2/c1-2-8-6-4-3-5-7-8;;;2-1-3/h3-7H,1-2H2;1H;;. The van der Waals surface area contributed by atoms with E-state index in [1.165, 1.54) is 5.56 Å². The zero-order valence-electron chi connectivity index (χ0n) is 7.18. The van der Waals surface area contributed by atoms with Crippen LogP contribution in [0.1, 0.15) is 5.56 Å². The van der Waals surface area contributed by atoms with Crippen LogP contribution in [-0.4, -0.2) is 2.73 Å². The maximum atomic E-state index is 10.1. The Balaban J connectivity index is 0.00000144. The van der Waals surface area contributed by atoms with Crippen molar-refractivity contribution in [2.24, 2.45) is 0 Å². The summed E-state index contributed by atoms with van der Waals surface area (Å²) in [7, 11) is 0. The molecule has 0 amide bonds. The summed E-state index contributed by atoms with van der Waals surface area (Å²) in [5.41, 5.74) is 1.22. The van der Waals surface area contributed by atoms with Crippen LogP contribution in [0.4, 0.5) is 0 Å². The van der Waals surface area contributed by atoms with Crippen molar-refractivity contribution >= 4 is 17.0 Å². The van der Waals surface area contributed by atoms with Gasteiger partial charge in [-0.05, 0) is 0 Å². The van der Waals surface area contributed by atoms with Crippen LogP contribution in [0.3, 0.4) is 0 Å². The average Bonchev–Trinajstić information content (AvgIpc) is 2.05. The van der Waals surface area contributed by atoms with Crippen LogP contribution in [0, 0.1) is 10.1 Å². The average molecular weight is 344 g/mol. The predicted octanol–water partition coefficient (Wildman–Crippen LogP) is 2.50. The minimum atomic E-state index is -1.66. The fourth-order valence-corrected chi connectivity index (χ4v) is 3.41. The van der Waals surface area contributed by atoms with E-state index >= 15 is 0 Å². The Morgan fingerprint density at radius 2 is 1.92 bits per heavy atom. The molecule has 0 unspecified atom stereocenters. The van der Waals surface area contributed by atoms with Gasteiger partial charge in [0.15, 0.2) is 0 Å². The molecule has 3 nitrogen and oxygen atoms in total. The molecule has 0 fully saturated rings. The molecule has 5 heteroatoms. The van der Waals surface area contributed by atoms with E-state index in [-0.39, 0.29) is 19.7 Å². The first-order valence-electron chi connectivity index (χ1n) is 3.95. The summed E-state index contributed by atoms with van der Waals surface area (Å²) in [5, 5.41) is 10.1.